The second-order valence-corrected chi connectivity index (χ2v) is 7.30. The van der Waals surface area contributed by atoms with Crippen LogP contribution in [0.4, 0.5) is 0 Å². The largest absolute Gasteiger partial charge is 0.529 e. The van der Waals surface area contributed by atoms with Crippen LogP contribution < -0.4 is 0 Å². The maximum atomic E-state index is 6.01. The van der Waals surface area contributed by atoms with Crippen molar-refractivity contribution in [2.45, 2.75) is 40.0 Å². The van der Waals surface area contributed by atoms with Crippen LogP contribution in [0, 0.1) is 0 Å². The van der Waals surface area contributed by atoms with Gasteiger partial charge in [0.15, 0.2) is 0 Å². The van der Waals surface area contributed by atoms with Crippen molar-refractivity contribution >= 4 is 14.9 Å². The Morgan fingerprint density at radius 2 is 1.29 bits per heavy atom. The van der Waals surface area contributed by atoms with E-state index in [2.05, 4.69) is 32.9 Å². The van der Waals surface area contributed by atoms with E-state index >= 15 is 0 Å². The van der Waals surface area contributed by atoms with Gasteiger partial charge in [-0.3, -0.25) is 0 Å². The third-order valence-electron chi connectivity index (χ3n) is 2.80. The maximum Gasteiger partial charge on any atom is 0.529 e. The minimum Gasteiger partial charge on any atom is -0.370 e. The molecule has 1 rings (SSSR count). The summed E-state index contributed by atoms with van der Waals surface area (Å²) in [5.41, 5.74) is 3.15. The molecule has 0 unspecified atom stereocenters. The van der Waals surface area contributed by atoms with Gasteiger partial charge >= 0.3 is 8.80 Å². The highest BCUT2D eigenvalue weighted by molar-refractivity contribution is 6.67. The normalized spacial score (nSPS) is 12.1. The van der Waals surface area contributed by atoms with Gasteiger partial charge in [-0.1, -0.05) is 57.2 Å². The van der Waals surface area contributed by atoms with Gasteiger partial charge in [0.1, 0.15) is 0 Å². The van der Waals surface area contributed by atoms with E-state index in [1.54, 1.807) is 0 Å². The molecule has 3 nitrogen and oxygen atoms in total. The Kier molecular flexibility index (Phi) is 9.26. The van der Waals surface area contributed by atoms with Crippen molar-refractivity contribution in [2.75, 3.05) is 19.8 Å². The summed E-state index contributed by atoms with van der Waals surface area (Å²) in [6.45, 7) is 8.29. The predicted octanol–water partition coefficient (Wildman–Crippen LogP) is 4.46. The van der Waals surface area contributed by atoms with Gasteiger partial charge < -0.3 is 13.3 Å². The van der Waals surface area contributed by atoms with E-state index in [0.29, 0.717) is 19.8 Å². The van der Waals surface area contributed by atoms with Crippen LogP contribution in [-0.4, -0.2) is 28.6 Å². The van der Waals surface area contributed by atoms with Gasteiger partial charge in [-0.05, 0) is 30.5 Å². The predicted molar refractivity (Wildman–Crippen MR) is 90.0 cm³/mol. The van der Waals surface area contributed by atoms with Gasteiger partial charge in [-0.15, -0.1) is 0 Å². The second kappa shape index (κ2) is 10.7. The fourth-order valence-corrected chi connectivity index (χ4v) is 4.17. The average molecular weight is 308 g/mol. The Bertz CT molecular complexity index is 371. The van der Waals surface area contributed by atoms with Crippen LogP contribution in [0.3, 0.4) is 0 Å². The third kappa shape index (κ3) is 7.04. The van der Waals surface area contributed by atoms with Crippen molar-refractivity contribution in [1.82, 2.24) is 0 Å². The molecule has 0 aliphatic carbocycles. The molecule has 118 valence electrons. The Balaban J connectivity index is 2.86. The van der Waals surface area contributed by atoms with Gasteiger partial charge in [0.2, 0.25) is 0 Å². The first-order valence-corrected chi connectivity index (χ1v) is 9.72. The molecule has 0 fully saturated rings. The zero-order chi connectivity index (χ0) is 15.4. The van der Waals surface area contributed by atoms with Crippen LogP contribution in [0.15, 0.2) is 36.0 Å². The molecule has 0 saturated heterocycles. The van der Waals surface area contributed by atoms with Crippen molar-refractivity contribution < 1.29 is 13.3 Å². The summed E-state index contributed by atoms with van der Waals surface area (Å²) in [5.74, 6) is 0. The molecule has 0 radical (unpaired) electrons. The first kappa shape index (κ1) is 18.1. The maximum absolute atomic E-state index is 6.01. The van der Waals surface area contributed by atoms with Gasteiger partial charge in [-0.25, -0.2) is 0 Å². The van der Waals surface area contributed by atoms with E-state index in [0.717, 1.165) is 24.8 Å². The lowest BCUT2D eigenvalue weighted by molar-refractivity contribution is 0.0718. The Morgan fingerprint density at radius 1 is 0.810 bits per heavy atom. The lowest BCUT2D eigenvalue weighted by atomic mass is 10.2. The third-order valence-corrected chi connectivity index (χ3v) is 5.20. The van der Waals surface area contributed by atoms with Crippen molar-refractivity contribution in [3.63, 3.8) is 0 Å². The van der Waals surface area contributed by atoms with Crippen LogP contribution >= 0.6 is 0 Å². The van der Waals surface area contributed by atoms with E-state index in [1.165, 1.54) is 0 Å². The van der Waals surface area contributed by atoms with Crippen molar-refractivity contribution in [3.05, 3.63) is 41.6 Å². The van der Waals surface area contributed by atoms with Crippen molar-refractivity contribution in [2.24, 2.45) is 0 Å². The molecule has 0 N–H and O–H groups in total. The number of benzene rings is 1. The molecule has 0 bridgehead atoms. The molecule has 21 heavy (non-hydrogen) atoms. The van der Waals surface area contributed by atoms with E-state index in [1.807, 2.05) is 30.0 Å². The van der Waals surface area contributed by atoms with E-state index in [-0.39, 0.29) is 0 Å². The molecule has 0 aliphatic heterocycles. The molecule has 0 aromatic heterocycles. The highest BCUT2D eigenvalue weighted by Crippen LogP contribution is 2.16. The molecule has 0 spiro atoms. The first-order chi connectivity index (χ1) is 10.3. The second-order valence-electron chi connectivity index (χ2n) is 4.89. The zero-order valence-electron chi connectivity index (χ0n) is 13.5. The molecule has 0 atom stereocenters. The van der Waals surface area contributed by atoms with Gasteiger partial charge in [-0.2, -0.15) is 0 Å². The van der Waals surface area contributed by atoms with Crippen molar-refractivity contribution in [3.8, 4) is 0 Å². The summed E-state index contributed by atoms with van der Waals surface area (Å²) in [5, 5.41) is 0. The lowest BCUT2D eigenvalue weighted by Crippen LogP contribution is -2.45. The Hall–Kier alpha value is -0.943. The highest BCUT2D eigenvalue weighted by atomic mass is 28.4. The zero-order valence-corrected chi connectivity index (χ0v) is 14.5. The minimum atomic E-state index is -2.72. The highest BCUT2D eigenvalue weighted by Gasteiger charge is 2.38. The van der Waals surface area contributed by atoms with Crippen LogP contribution in [0.2, 0.25) is 0 Å². The molecule has 0 amide bonds. The molecular weight excluding hydrogens is 280 g/mol. The SMILES string of the molecule is CCCO[Si](/C=C/c1ccccc1)(OCCC)OCCC. The van der Waals surface area contributed by atoms with E-state index < -0.39 is 8.80 Å². The van der Waals surface area contributed by atoms with Gasteiger partial charge in [0, 0.05) is 19.8 Å². The average Bonchev–Trinajstić information content (AvgIpc) is 2.54. The number of hydrogen-bond acceptors (Lipinski definition) is 3. The summed E-state index contributed by atoms with van der Waals surface area (Å²) in [6, 6.07) is 10.2. The number of rotatable bonds is 11. The van der Waals surface area contributed by atoms with E-state index in [4.69, 9.17) is 13.3 Å². The lowest BCUT2D eigenvalue weighted by Gasteiger charge is -2.26. The summed E-state index contributed by atoms with van der Waals surface area (Å²) in [4.78, 5) is 0. The Morgan fingerprint density at radius 3 is 1.71 bits per heavy atom. The van der Waals surface area contributed by atoms with Crippen LogP contribution in [0.25, 0.3) is 6.08 Å². The van der Waals surface area contributed by atoms with E-state index in [9.17, 15) is 0 Å². The van der Waals surface area contributed by atoms with Crippen LogP contribution in [0.5, 0.6) is 0 Å². The molecule has 4 heteroatoms. The summed E-state index contributed by atoms with van der Waals surface area (Å²) in [7, 11) is -2.72. The van der Waals surface area contributed by atoms with Gasteiger partial charge in [0.05, 0.1) is 0 Å². The van der Waals surface area contributed by atoms with Crippen molar-refractivity contribution in [1.29, 1.82) is 0 Å². The van der Waals surface area contributed by atoms with Crippen LogP contribution in [0.1, 0.15) is 45.6 Å². The van der Waals surface area contributed by atoms with Gasteiger partial charge in [0.25, 0.3) is 0 Å². The first-order valence-electron chi connectivity index (χ1n) is 7.92. The molecule has 1 aromatic carbocycles. The smallest absolute Gasteiger partial charge is 0.370 e. The monoisotopic (exact) mass is 308 g/mol. The number of hydrogen-bond donors (Lipinski definition) is 0. The molecule has 0 saturated carbocycles. The minimum absolute atomic E-state index is 0.665. The Labute approximate surface area is 130 Å². The molecule has 0 heterocycles. The fourth-order valence-electron chi connectivity index (χ4n) is 1.76. The quantitative estimate of drug-likeness (QED) is 0.565. The van der Waals surface area contributed by atoms with Crippen LogP contribution in [-0.2, 0) is 13.3 Å². The fraction of sp³-hybridized carbons (Fsp3) is 0.529. The molecule has 1 aromatic rings. The summed E-state index contributed by atoms with van der Waals surface area (Å²) >= 11 is 0. The molecular formula is C17H28O3Si. The summed E-state index contributed by atoms with van der Waals surface area (Å²) in [6.07, 6.45) is 4.92. The standard InChI is InChI=1S/C17H28O3Si/c1-4-13-18-21(19-14-5-2,20-15-6-3)16-12-17-10-8-7-9-11-17/h7-12,16H,4-6,13-15H2,1-3H3/b16-12+. The topological polar surface area (TPSA) is 27.7 Å². The summed E-state index contributed by atoms with van der Waals surface area (Å²) < 4.78 is 18.0. The molecule has 0 aliphatic rings.